The lowest BCUT2D eigenvalue weighted by molar-refractivity contribution is -0.143. The Morgan fingerprint density at radius 1 is 1.13 bits per heavy atom. The molecule has 0 spiro atoms. The smallest absolute Gasteiger partial charge is 0.321 e. The van der Waals surface area contributed by atoms with E-state index >= 15 is 0 Å². The molecule has 0 radical (unpaired) electrons. The van der Waals surface area contributed by atoms with Crippen molar-refractivity contribution in [3.05, 3.63) is 94.3 Å². The molecule has 0 bridgehead atoms. The maximum atomic E-state index is 12.9. The van der Waals surface area contributed by atoms with Gasteiger partial charge in [0.1, 0.15) is 5.25 Å². The van der Waals surface area contributed by atoms with Crippen LogP contribution in [-0.4, -0.2) is 28.8 Å². The molecule has 5 heteroatoms. The van der Waals surface area contributed by atoms with Gasteiger partial charge >= 0.3 is 5.97 Å². The predicted molar refractivity (Wildman–Crippen MR) is 124 cm³/mol. The highest BCUT2D eigenvalue weighted by Crippen LogP contribution is 2.54. The van der Waals surface area contributed by atoms with E-state index in [9.17, 15) is 4.79 Å². The van der Waals surface area contributed by atoms with Crippen LogP contribution in [0.25, 0.3) is 10.5 Å². The van der Waals surface area contributed by atoms with Gasteiger partial charge in [0.2, 0.25) is 0 Å². The number of hydrogen-bond acceptors (Lipinski definition) is 4. The fourth-order valence-electron chi connectivity index (χ4n) is 4.50. The first-order valence-corrected chi connectivity index (χ1v) is 11.5. The van der Waals surface area contributed by atoms with E-state index in [1.54, 1.807) is 11.8 Å². The Labute approximate surface area is 186 Å². The van der Waals surface area contributed by atoms with Crippen molar-refractivity contribution in [3.63, 3.8) is 0 Å². The van der Waals surface area contributed by atoms with E-state index in [2.05, 4.69) is 53.5 Å². The predicted octanol–water partition coefficient (Wildman–Crippen LogP) is 6.13. The second-order valence-corrected chi connectivity index (χ2v) is 9.14. The van der Waals surface area contributed by atoms with Crippen molar-refractivity contribution in [1.82, 2.24) is 4.90 Å². The largest absolute Gasteiger partial charge is 0.465 e. The molecule has 0 aromatic heterocycles. The fraction of sp³-hybridized carbons (Fsp3) is 0.240. The van der Waals surface area contributed by atoms with Gasteiger partial charge in [-0.2, -0.15) is 0 Å². The van der Waals surface area contributed by atoms with Gasteiger partial charge in [-0.1, -0.05) is 60.1 Å². The van der Waals surface area contributed by atoms with Gasteiger partial charge in [-0.05, 0) is 48.3 Å². The third kappa shape index (κ3) is 3.28. The molecule has 0 aliphatic carbocycles. The van der Waals surface area contributed by atoms with E-state index in [1.165, 1.54) is 27.4 Å². The summed E-state index contributed by atoms with van der Waals surface area (Å²) in [5, 5.41) is 0.479. The zero-order valence-corrected chi connectivity index (χ0v) is 18.2. The molecule has 3 aliphatic rings. The molecule has 0 N–H and O–H groups in total. The molecule has 2 aromatic rings. The lowest BCUT2D eigenvalue weighted by Gasteiger charge is -2.43. The summed E-state index contributed by atoms with van der Waals surface area (Å²) in [6.45, 7) is 2.26. The molecule has 152 valence electrons. The Balaban J connectivity index is 1.66. The van der Waals surface area contributed by atoms with Crippen molar-refractivity contribution in [1.29, 1.82) is 0 Å². The average molecular weight is 436 g/mol. The van der Waals surface area contributed by atoms with E-state index in [1.807, 2.05) is 25.1 Å². The zero-order chi connectivity index (χ0) is 20.7. The lowest BCUT2D eigenvalue weighted by atomic mass is 9.99. The highest BCUT2D eigenvalue weighted by Gasteiger charge is 2.46. The third-order valence-electron chi connectivity index (χ3n) is 5.79. The van der Waals surface area contributed by atoms with E-state index in [0.29, 0.717) is 6.61 Å². The van der Waals surface area contributed by atoms with Crippen molar-refractivity contribution in [2.24, 2.45) is 0 Å². The topological polar surface area (TPSA) is 29.5 Å². The molecular formula is C25H22ClNO2S. The van der Waals surface area contributed by atoms with Gasteiger partial charge < -0.3 is 9.64 Å². The van der Waals surface area contributed by atoms with E-state index in [4.69, 9.17) is 16.3 Å². The van der Waals surface area contributed by atoms with Crippen LogP contribution in [-0.2, 0) is 9.53 Å². The highest BCUT2D eigenvalue weighted by molar-refractivity contribution is 8.09. The number of rotatable bonds is 4. The van der Waals surface area contributed by atoms with Crippen LogP contribution in [0.4, 0.5) is 0 Å². The summed E-state index contributed by atoms with van der Waals surface area (Å²) in [6.07, 6.45) is 6.06. The fourth-order valence-corrected chi connectivity index (χ4v) is 6.01. The molecule has 2 atom stereocenters. The van der Waals surface area contributed by atoms with Crippen LogP contribution in [0.15, 0.2) is 78.1 Å². The maximum Gasteiger partial charge on any atom is 0.321 e. The monoisotopic (exact) mass is 435 g/mol. The number of nitrogens with zero attached hydrogens (tertiary/aromatic N) is 1. The van der Waals surface area contributed by atoms with Gasteiger partial charge in [-0.3, -0.25) is 4.79 Å². The Morgan fingerprint density at radius 2 is 1.90 bits per heavy atom. The second-order valence-electron chi connectivity index (χ2n) is 7.56. The Kier molecular flexibility index (Phi) is 5.21. The summed E-state index contributed by atoms with van der Waals surface area (Å²) < 4.78 is 5.47. The van der Waals surface area contributed by atoms with E-state index < -0.39 is 0 Å². The van der Waals surface area contributed by atoms with Crippen molar-refractivity contribution in [2.75, 3.05) is 6.61 Å². The molecule has 0 fully saturated rings. The number of hydrogen-bond donors (Lipinski definition) is 0. The van der Waals surface area contributed by atoms with Crippen LogP contribution in [0, 0.1) is 0 Å². The van der Waals surface area contributed by atoms with E-state index in [0.717, 1.165) is 23.4 Å². The van der Waals surface area contributed by atoms with Crippen LogP contribution >= 0.6 is 23.4 Å². The summed E-state index contributed by atoms with van der Waals surface area (Å²) in [4.78, 5) is 16.5. The van der Waals surface area contributed by atoms with Crippen molar-refractivity contribution in [2.45, 2.75) is 31.1 Å². The summed E-state index contributed by atoms with van der Waals surface area (Å²) in [5.74, 6) is -0.130. The first-order valence-electron chi connectivity index (χ1n) is 10.2. The van der Waals surface area contributed by atoms with Gasteiger partial charge in [0.15, 0.2) is 0 Å². The molecule has 3 nitrogen and oxygen atoms in total. The Morgan fingerprint density at radius 3 is 2.63 bits per heavy atom. The molecule has 30 heavy (non-hydrogen) atoms. The molecule has 0 saturated heterocycles. The molecule has 3 aliphatic heterocycles. The molecular weight excluding hydrogens is 414 g/mol. The summed E-state index contributed by atoms with van der Waals surface area (Å²) in [6, 6.07) is 18.5. The number of ether oxygens (including phenoxy) is 1. The maximum absolute atomic E-state index is 12.9. The normalized spacial score (nSPS) is 22.4. The molecule has 3 heterocycles. The molecule has 0 saturated carbocycles. The Hall–Kier alpha value is -2.43. The van der Waals surface area contributed by atoms with Gasteiger partial charge in [0.05, 0.1) is 12.6 Å². The molecule has 0 amide bonds. The van der Waals surface area contributed by atoms with Crippen molar-refractivity contribution < 1.29 is 9.53 Å². The first kappa shape index (κ1) is 19.5. The number of esters is 1. The number of allylic oxidation sites excluding steroid dienone is 2. The lowest BCUT2D eigenvalue weighted by Crippen LogP contribution is -2.47. The minimum Gasteiger partial charge on any atom is -0.465 e. The van der Waals surface area contributed by atoms with Crippen LogP contribution in [0.2, 0.25) is 5.02 Å². The van der Waals surface area contributed by atoms with Gasteiger partial charge in [-0.15, -0.1) is 11.8 Å². The number of thioether (sulfide) groups is 1. The zero-order valence-electron chi connectivity index (χ0n) is 16.7. The first-order chi connectivity index (χ1) is 14.7. The van der Waals surface area contributed by atoms with E-state index in [-0.39, 0.29) is 17.3 Å². The van der Waals surface area contributed by atoms with Crippen LogP contribution < -0.4 is 0 Å². The quantitative estimate of drug-likeness (QED) is 0.540. The average Bonchev–Trinajstić information content (AvgIpc) is 3.16. The SMILES string of the molecule is CCOC(=O)[C@@H]1SC(c2ccccc2)=C2CC(c3ccc(Cl)cc3)=C3C=CC[C@@H]1N32. The number of benzene rings is 2. The number of halogens is 1. The minimum atomic E-state index is -0.256. The third-order valence-corrected chi connectivity index (χ3v) is 7.51. The molecule has 5 rings (SSSR count). The summed E-state index contributed by atoms with van der Waals surface area (Å²) in [5.41, 5.74) is 6.07. The van der Waals surface area contributed by atoms with Crippen LogP contribution in [0.5, 0.6) is 0 Å². The van der Waals surface area contributed by atoms with Gasteiger partial charge in [0.25, 0.3) is 0 Å². The minimum absolute atomic E-state index is 0.0707. The Bertz CT molecular complexity index is 1070. The molecule has 0 unspecified atom stereocenters. The highest BCUT2D eigenvalue weighted by atomic mass is 35.5. The van der Waals surface area contributed by atoms with Crippen molar-refractivity contribution >= 4 is 39.8 Å². The standard InChI is InChI=1S/C25H22ClNO2S/c1-2-29-25(28)24-21-10-6-9-20-19(16-11-13-18(26)14-12-16)15-22(27(20)21)23(30-24)17-7-4-3-5-8-17/h3-9,11-14,21,24H,2,10,15H2,1H3/t21-,24+/m0/s1. The van der Waals surface area contributed by atoms with Gasteiger partial charge in [-0.25, -0.2) is 0 Å². The van der Waals surface area contributed by atoms with Crippen LogP contribution in [0.1, 0.15) is 30.9 Å². The second kappa shape index (κ2) is 8.01. The summed E-state index contributed by atoms with van der Waals surface area (Å²) >= 11 is 7.79. The number of carbonyl (C=O) groups excluding carboxylic acids is 1. The number of carbonyl (C=O) groups is 1. The molecule has 2 aromatic carbocycles. The van der Waals surface area contributed by atoms with Crippen molar-refractivity contribution in [3.8, 4) is 0 Å². The van der Waals surface area contributed by atoms with Crippen LogP contribution in [0.3, 0.4) is 0 Å². The van der Waals surface area contributed by atoms with Gasteiger partial charge in [0, 0.05) is 27.7 Å². The summed E-state index contributed by atoms with van der Waals surface area (Å²) in [7, 11) is 0.